The molecule has 0 aliphatic heterocycles. The van der Waals surface area contributed by atoms with E-state index in [1.54, 1.807) is 0 Å². The lowest BCUT2D eigenvalue weighted by atomic mass is 9.91. The third-order valence-corrected chi connectivity index (χ3v) is 4.90. The molecule has 0 heterocycles. The van der Waals surface area contributed by atoms with Crippen LogP contribution in [0.5, 0.6) is 0 Å². The Balaban J connectivity index is 3.96. The van der Waals surface area contributed by atoms with Gasteiger partial charge in [-0.25, -0.2) is 0 Å². The Morgan fingerprint density at radius 3 is 1.85 bits per heavy atom. The van der Waals surface area contributed by atoms with Gasteiger partial charge in [0.15, 0.2) is 0 Å². The summed E-state index contributed by atoms with van der Waals surface area (Å²) in [5.41, 5.74) is 0.136. The normalized spacial score (nSPS) is 12.4. The summed E-state index contributed by atoms with van der Waals surface area (Å²) >= 11 is 0. The van der Waals surface area contributed by atoms with Gasteiger partial charge >= 0.3 is 0 Å². The molecule has 0 rings (SSSR count). The molecule has 0 atom stereocenters. The van der Waals surface area contributed by atoms with Crippen molar-refractivity contribution in [1.82, 2.24) is 4.90 Å². The second-order valence-electron chi connectivity index (χ2n) is 5.19. The zero-order chi connectivity index (χ0) is 15.3. The first-order valence-electron chi connectivity index (χ1n) is 8.10. The predicted molar refractivity (Wildman–Crippen MR) is 87.9 cm³/mol. The summed E-state index contributed by atoms with van der Waals surface area (Å²) in [5, 5.41) is 0. The van der Waals surface area contributed by atoms with E-state index in [-0.39, 0.29) is 5.60 Å². The molecule has 0 aromatic rings. The average Bonchev–Trinajstić information content (AvgIpc) is 2.50. The van der Waals surface area contributed by atoms with E-state index in [1.165, 1.54) is 19.3 Å². The standard InChI is InChI=1S/C15H35NO3Si/c1-5-15(6-2,19-20)11-9-10-12-16(13-17-7-3)14-18-8-4/h5-14H2,1-4,20H3. The third kappa shape index (κ3) is 8.37. The molecular formula is C15H35NO3Si. The van der Waals surface area contributed by atoms with Crippen LogP contribution in [0, 0.1) is 0 Å². The van der Waals surface area contributed by atoms with E-state index in [1.807, 2.05) is 13.8 Å². The number of rotatable bonds is 14. The van der Waals surface area contributed by atoms with Crippen molar-refractivity contribution < 1.29 is 13.9 Å². The first kappa shape index (κ1) is 20.1. The van der Waals surface area contributed by atoms with Gasteiger partial charge in [0.1, 0.15) is 23.9 Å². The van der Waals surface area contributed by atoms with Gasteiger partial charge in [-0.1, -0.05) is 13.8 Å². The zero-order valence-corrected chi connectivity index (χ0v) is 16.2. The SMILES string of the molecule is CCOCN(CCCCC(CC)(CC)O[SiH3])COCC. The molecule has 0 saturated carbocycles. The molecule has 122 valence electrons. The van der Waals surface area contributed by atoms with Gasteiger partial charge in [0, 0.05) is 19.8 Å². The number of hydrogen-bond donors (Lipinski definition) is 0. The molecule has 0 spiro atoms. The smallest absolute Gasteiger partial charge is 0.146 e. The van der Waals surface area contributed by atoms with Crippen molar-refractivity contribution in [3.63, 3.8) is 0 Å². The predicted octanol–water partition coefficient (Wildman–Crippen LogP) is 2.30. The van der Waals surface area contributed by atoms with Gasteiger partial charge in [-0.05, 0) is 46.0 Å². The van der Waals surface area contributed by atoms with Gasteiger partial charge < -0.3 is 13.9 Å². The Bertz CT molecular complexity index is 197. The quantitative estimate of drug-likeness (QED) is 0.280. The molecule has 0 aliphatic rings. The highest BCUT2D eigenvalue weighted by Gasteiger charge is 2.23. The van der Waals surface area contributed by atoms with Crippen molar-refractivity contribution in [2.45, 2.75) is 65.4 Å². The minimum absolute atomic E-state index is 0.136. The topological polar surface area (TPSA) is 30.9 Å². The maximum Gasteiger partial charge on any atom is 0.146 e. The van der Waals surface area contributed by atoms with Crippen LogP contribution in [0.2, 0.25) is 0 Å². The first-order chi connectivity index (χ1) is 9.67. The van der Waals surface area contributed by atoms with E-state index in [9.17, 15) is 0 Å². The summed E-state index contributed by atoms with van der Waals surface area (Å²) in [5.74, 6) is 0. The molecule has 0 amide bonds. The first-order valence-corrected chi connectivity index (χ1v) is 8.92. The fourth-order valence-corrected chi connectivity index (χ4v) is 3.17. The highest BCUT2D eigenvalue weighted by Crippen LogP contribution is 2.25. The van der Waals surface area contributed by atoms with Crippen LogP contribution in [0.1, 0.15) is 59.8 Å². The van der Waals surface area contributed by atoms with Gasteiger partial charge in [0.25, 0.3) is 0 Å². The van der Waals surface area contributed by atoms with Crippen molar-refractivity contribution in [3.8, 4) is 0 Å². The summed E-state index contributed by atoms with van der Waals surface area (Å²) in [6.45, 7) is 12.4. The fraction of sp³-hybridized carbons (Fsp3) is 1.00. The summed E-state index contributed by atoms with van der Waals surface area (Å²) in [6, 6.07) is 0. The van der Waals surface area contributed by atoms with E-state index in [0.717, 1.165) is 43.1 Å². The number of nitrogens with zero attached hydrogens (tertiary/aromatic N) is 1. The lowest BCUT2D eigenvalue weighted by Crippen LogP contribution is -2.32. The number of ether oxygens (including phenoxy) is 2. The lowest BCUT2D eigenvalue weighted by molar-refractivity contribution is -0.0403. The molecule has 20 heavy (non-hydrogen) atoms. The molecule has 0 fully saturated rings. The molecule has 0 saturated heterocycles. The molecular weight excluding hydrogens is 270 g/mol. The lowest BCUT2D eigenvalue weighted by Gasteiger charge is -2.31. The Kier molecular flexibility index (Phi) is 12.8. The van der Waals surface area contributed by atoms with Crippen molar-refractivity contribution in [1.29, 1.82) is 0 Å². The van der Waals surface area contributed by atoms with E-state index in [2.05, 4.69) is 18.7 Å². The van der Waals surface area contributed by atoms with Crippen LogP contribution in [-0.4, -0.2) is 54.2 Å². The average molecular weight is 306 g/mol. The molecule has 0 unspecified atom stereocenters. The van der Waals surface area contributed by atoms with Crippen LogP contribution >= 0.6 is 0 Å². The Hall–Kier alpha value is 0.0569. The molecule has 0 N–H and O–H groups in total. The van der Waals surface area contributed by atoms with E-state index in [0.29, 0.717) is 13.5 Å². The second-order valence-corrected chi connectivity index (χ2v) is 5.60. The van der Waals surface area contributed by atoms with Crippen molar-refractivity contribution in [2.24, 2.45) is 0 Å². The molecule has 0 bridgehead atoms. The summed E-state index contributed by atoms with van der Waals surface area (Å²) < 4.78 is 16.8. The van der Waals surface area contributed by atoms with Gasteiger partial charge in [0.05, 0.1) is 5.60 Å². The molecule has 5 heteroatoms. The summed E-state index contributed by atoms with van der Waals surface area (Å²) in [4.78, 5) is 2.23. The minimum Gasteiger partial charge on any atom is -0.422 e. The van der Waals surface area contributed by atoms with Crippen LogP contribution in [0.3, 0.4) is 0 Å². The van der Waals surface area contributed by atoms with Crippen LogP contribution in [0.25, 0.3) is 0 Å². The van der Waals surface area contributed by atoms with Crippen LogP contribution in [-0.2, 0) is 13.9 Å². The third-order valence-electron chi connectivity index (χ3n) is 4.03. The molecule has 0 radical (unpaired) electrons. The summed E-state index contributed by atoms with van der Waals surface area (Å²) in [6.07, 6.45) is 5.79. The van der Waals surface area contributed by atoms with Gasteiger partial charge in [-0.3, -0.25) is 4.90 Å². The highest BCUT2D eigenvalue weighted by atomic mass is 28.2. The van der Waals surface area contributed by atoms with Gasteiger partial charge in [-0.15, -0.1) is 0 Å². The Labute approximate surface area is 128 Å². The van der Waals surface area contributed by atoms with Crippen molar-refractivity contribution in [3.05, 3.63) is 0 Å². The zero-order valence-electron chi connectivity index (χ0n) is 14.2. The minimum atomic E-state index is 0.136. The van der Waals surface area contributed by atoms with Crippen LogP contribution in [0.15, 0.2) is 0 Å². The number of unbranched alkanes of at least 4 members (excludes halogenated alkanes) is 1. The van der Waals surface area contributed by atoms with Crippen molar-refractivity contribution in [2.75, 3.05) is 33.2 Å². The molecule has 0 aromatic heterocycles. The maximum atomic E-state index is 5.85. The summed E-state index contributed by atoms with van der Waals surface area (Å²) in [7, 11) is 0.833. The molecule has 0 aliphatic carbocycles. The van der Waals surface area contributed by atoms with Crippen LogP contribution in [0.4, 0.5) is 0 Å². The van der Waals surface area contributed by atoms with Gasteiger partial charge in [0.2, 0.25) is 0 Å². The maximum absolute atomic E-state index is 5.85. The number of hydrogen-bond acceptors (Lipinski definition) is 4. The highest BCUT2D eigenvalue weighted by molar-refractivity contribution is 5.98. The fourth-order valence-electron chi connectivity index (χ4n) is 2.38. The largest absolute Gasteiger partial charge is 0.422 e. The van der Waals surface area contributed by atoms with E-state index < -0.39 is 0 Å². The van der Waals surface area contributed by atoms with Crippen LogP contribution < -0.4 is 0 Å². The monoisotopic (exact) mass is 305 g/mol. The Morgan fingerprint density at radius 2 is 1.45 bits per heavy atom. The molecule has 4 nitrogen and oxygen atoms in total. The second kappa shape index (κ2) is 12.8. The molecule has 0 aromatic carbocycles. The Morgan fingerprint density at radius 1 is 0.900 bits per heavy atom. The van der Waals surface area contributed by atoms with Crippen molar-refractivity contribution >= 4 is 10.5 Å². The van der Waals surface area contributed by atoms with E-state index >= 15 is 0 Å². The van der Waals surface area contributed by atoms with Gasteiger partial charge in [-0.2, -0.15) is 0 Å². The van der Waals surface area contributed by atoms with E-state index in [4.69, 9.17) is 13.9 Å².